The second-order valence-electron chi connectivity index (χ2n) is 6.53. The Balaban J connectivity index is 1.69. The first-order valence-corrected chi connectivity index (χ1v) is 10.1. The van der Waals surface area contributed by atoms with Gasteiger partial charge in [-0.1, -0.05) is 12.1 Å². The van der Waals surface area contributed by atoms with Crippen molar-refractivity contribution in [3.8, 4) is 5.75 Å². The van der Waals surface area contributed by atoms with Gasteiger partial charge < -0.3 is 14.3 Å². The molecular weight excluding hydrogens is 398 g/mol. The summed E-state index contributed by atoms with van der Waals surface area (Å²) in [5.74, 6) is -0.880. The van der Waals surface area contributed by atoms with Crippen LogP contribution in [-0.4, -0.2) is 26.0 Å². The van der Waals surface area contributed by atoms with Crippen LogP contribution >= 0.6 is 0 Å². The summed E-state index contributed by atoms with van der Waals surface area (Å²) < 4.78 is 37.2. The van der Waals surface area contributed by atoms with Gasteiger partial charge in [0.15, 0.2) is 0 Å². The highest BCUT2D eigenvalue weighted by molar-refractivity contribution is 7.89. The predicted molar refractivity (Wildman–Crippen MR) is 105 cm³/mol. The first-order valence-electron chi connectivity index (χ1n) is 8.64. The summed E-state index contributed by atoms with van der Waals surface area (Å²) in [6, 6.07) is 10.4. The third kappa shape index (κ3) is 4.82. The average Bonchev–Trinajstić information content (AvgIpc) is 2.65. The van der Waals surface area contributed by atoms with Crippen LogP contribution in [-0.2, 0) is 26.2 Å². The largest absolute Gasteiger partial charge is 0.508 e. The molecule has 29 heavy (non-hydrogen) atoms. The van der Waals surface area contributed by atoms with Gasteiger partial charge in [-0.3, -0.25) is 4.79 Å². The highest BCUT2D eigenvalue weighted by atomic mass is 32.2. The average molecular weight is 417 g/mol. The molecule has 1 aromatic heterocycles. The molecule has 1 heterocycles. The molecule has 0 amide bonds. The molecule has 8 nitrogen and oxygen atoms in total. The molecule has 152 valence electrons. The number of carbonyl (C=O) groups is 1. The van der Waals surface area contributed by atoms with Crippen molar-refractivity contribution in [1.82, 2.24) is 4.72 Å². The molecule has 0 radical (unpaired) electrons. The second-order valence-corrected chi connectivity index (χ2v) is 8.26. The summed E-state index contributed by atoms with van der Waals surface area (Å²) in [6.07, 6.45) is 0. The molecule has 0 unspecified atom stereocenters. The van der Waals surface area contributed by atoms with Crippen molar-refractivity contribution in [1.29, 1.82) is 0 Å². The highest BCUT2D eigenvalue weighted by Crippen LogP contribution is 2.22. The van der Waals surface area contributed by atoms with Crippen molar-refractivity contribution < 1.29 is 27.5 Å². The molecule has 2 aromatic carbocycles. The SMILES string of the molecule is Cc1ccc(C)c(S(=O)(=O)NCC(=O)OCc2cc(=O)oc3cc(O)ccc23)c1. The standard InChI is InChI=1S/C20H19NO7S/c1-12-3-4-13(2)18(7-12)29(25,26)21-10-20(24)27-11-14-8-19(23)28-17-9-15(22)5-6-16(14)17/h3-9,21-22H,10-11H2,1-2H3. The van der Waals surface area contributed by atoms with E-state index in [-0.39, 0.29) is 22.8 Å². The fraction of sp³-hybridized carbons (Fsp3) is 0.200. The van der Waals surface area contributed by atoms with Crippen LogP contribution in [0.4, 0.5) is 0 Å². The number of carbonyl (C=O) groups excluding carboxylic acids is 1. The number of ether oxygens (including phenoxy) is 1. The predicted octanol–water partition coefficient (Wildman–Crippen LogP) is 2.14. The number of sulfonamides is 1. The maximum absolute atomic E-state index is 12.4. The zero-order valence-electron chi connectivity index (χ0n) is 15.8. The highest BCUT2D eigenvalue weighted by Gasteiger charge is 2.19. The number of esters is 1. The number of phenolic OH excluding ortho intramolecular Hbond substituents is 1. The Hall–Kier alpha value is -3.17. The molecule has 3 rings (SSSR count). The molecule has 0 aliphatic heterocycles. The Bertz CT molecular complexity index is 1250. The summed E-state index contributed by atoms with van der Waals surface area (Å²) >= 11 is 0. The second kappa shape index (κ2) is 8.06. The third-order valence-electron chi connectivity index (χ3n) is 4.24. The van der Waals surface area contributed by atoms with Gasteiger partial charge in [0.25, 0.3) is 0 Å². The molecule has 0 saturated heterocycles. The summed E-state index contributed by atoms with van der Waals surface area (Å²) in [4.78, 5) is 23.8. The summed E-state index contributed by atoms with van der Waals surface area (Å²) in [7, 11) is -3.88. The van der Waals surface area contributed by atoms with E-state index in [1.54, 1.807) is 26.0 Å². The van der Waals surface area contributed by atoms with E-state index in [1.165, 1.54) is 30.3 Å². The zero-order valence-corrected chi connectivity index (χ0v) is 16.6. The third-order valence-corrected chi connectivity index (χ3v) is 5.79. The van der Waals surface area contributed by atoms with E-state index in [9.17, 15) is 23.1 Å². The number of phenols is 1. The van der Waals surface area contributed by atoms with Gasteiger partial charge in [0.2, 0.25) is 10.0 Å². The summed E-state index contributed by atoms with van der Waals surface area (Å²) in [5, 5.41) is 9.99. The lowest BCUT2D eigenvalue weighted by Crippen LogP contribution is -2.31. The number of fused-ring (bicyclic) bond motifs is 1. The van der Waals surface area contributed by atoms with Crippen molar-refractivity contribution in [3.05, 3.63) is 69.6 Å². The minimum atomic E-state index is -3.88. The van der Waals surface area contributed by atoms with Crippen molar-refractivity contribution >= 4 is 27.0 Å². The Kier molecular flexibility index (Phi) is 5.71. The molecule has 2 N–H and O–H groups in total. The van der Waals surface area contributed by atoms with Gasteiger partial charge in [-0.2, -0.15) is 4.72 Å². The lowest BCUT2D eigenvalue weighted by Gasteiger charge is -2.11. The van der Waals surface area contributed by atoms with E-state index in [0.717, 1.165) is 5.56 Å². The molecule has 0 fully saturated rings. The summed E-state index contributed by atoms with van der Waals surface area (Å²) in [5.41, 5.74) is 1.20. The van der Waals surface area contributed by atoms with E-state index < -0.39 is 28.2 Å². The minimum Gasteiger partial charge on any atom is -0.508 e. The molecule has 0 bridgehead atoms. The zero-order chi connectivity index (χ0) is 21.2. The topological polar surface area (TPSA) is 123 Å². The van der Waals surface area contributed by atoms with Crippen LogP contribution in [0.2, 0.25) is 0 Å². The molecule has 0 saturated carbocycles. The fourth-order valence-corrected chi connectivity index (χ4v) is 4.07. The van der Waals surface area contributed by atoms with E-state index in [1.807, 2.05) is 0 Å². The molecule has 3 aromatic rings. The number of hydrogen-bond acceptors (Lipinski definition) is 7. The van der Waals surface area contributed by atoms with Gasteiger partial charge in [-0.05, 0) is 43.2 Å². The first-order chi connectivity index (χ1) is 13.7. The van der Waals surface area contributed by atoms with E-state index in [2.05, 4.69) is 4.72 Å². The Labute approximate surface area is 166 Å². The lowest BCUT2D eigenvalue weighted by molar-refractivity contribution is -0.143. The van der Waals surface area contributed by atoms with Gasteiger partial charge in [0.05, 0.1) is 4.90 Å². The molecule has 9 heteroatoms. The molecule has 0 spiro atoms. The van der Waals surface area contributed by atoms with Gasteiger partial charge in [-0.15, -0.1) is 0 Å². The quantitative estimate of drug-likeness (QED) is 0.465. The smallest absolute Gasteiger partial charge is 0.336 e. The Morgan fingerprint density at radius 2 is 1.90 bits per heavy atom. The maximum Gasteiger partial charge on any atom is 0.336 e. The number of rotatable bonds is 6. The number of aromatic hydroxyl groups is 1. The van der Waals surface area contributed by atoms with Crippen LogP contribution in [0.3, 0.4) is 0 Å². The fourth-order valence-electron chi connectivity index (χ4n) is 2.78. The first kappa shape index (κ1) is 20.6. The molecule has 0 atom stereocenters. The maximum atomic E-state index is 12.4. The number of benzene rings is 2. The van der Waals surface area contributed by atoms with Gasteiger partial charge in [0.1, 0.15) is 24.5 Å². The molecule has 0 aliphatic rings. The van der Waals surface area contributed by atoms with E-state index >= 15 is 0 Å². The Morgan fingerprint density at radius 3 is 2.66 bits per heavy atom. The summed E-state index contributed by atoms with van der Waals surface area (Å²) in [6.45, 7) is 2.62. The number of aryl methyl sites for hydroxylation is 2. The van der Waals surface area contributed by atoms with Gasteiger partial charge >= 0.3 is 11.6 Å². The van der Waals surface area contributed by atoms with Crippen molar-refractivity contribution in [3.63, 3.8) is 0 Å². The van der Waals surface area contributed by atoms with Crippen LogP contribution in [0.25, 0.3) is 11.0 Å². The Morgan fingerprint density at radius 1 is 1.14 bits per heavy atom. The monoisotopic (exact) mass is 417 g/mol. The van der Waals surface area contributed by atoms with Gasteiger partial charge in [0, 0.05) is 23.1 Å². The number of nitrogens with one attached hydrogen (secondary N) is 1. The lowest BCUT2D eigenvalue weighted by atomic mass is 10.1. The van der Waals surface area contributed by atoms with E-state index in [0.29, 0.717) is 16.5 Å². The van der Waals surface area contributed by atoms with Crippen LogP contribution in [0, 0.1) is 13.8 Å². The van der Waals surface area contributed by atoms with Crippen LogP contribution < -0.4 is 10.3 Å². The molecule has 0 aliphatic carbocycles. The van der Waals surface area contributed by atoms with Crippen molar-refractivity contribution in [2.45, 2.75) is 25.3 Å². The van der Waals surface area contributed by atoms with E-state index in [4.69, 9.17) is 9.15 Å². The van der Waals surface area contributed by atoms with Crippen molar-refractivity contribution in [2.75, 3.05) is 6.54 Å². The van der Waals surface area contributed by atoms with Crippen LogP contribution in [0.15, 0.2) is 56.6 Å². The normalized spacial score (nSPS) is 11.5. The molecular formula is C20H19NO7S. The van der Waals surface area contributed by atoms with Gasteiger partial charge in [-0.25, -0.2) is 13.2 Å². The van der Waals surface area contributed by atoms with Crippen LogP contribution in [0.1, 0.15) is 16.7 Å². The van der Waals surface area contributed by atoms with Crippen LogP contribution in [0.5, 0.6) is 5.75 Å². The number of hydrogen-bond donors (Lipinski definition) is 2. The van der Waals surface area contributed by atoms with Crippen molar-refractivity contribution in [2.24, 2.45) is 0 Å². The minimum absolute atomic E-state index is 0.0735.